The number of nitrogens with one attached hydrogen (secondary N) is 1. The summed E-state index contributed by atoms with van der Waals surface area (Å²) < 4.78 is 0. The highest BCUT2D eigenvalue weighted by Crippen LogP contribution is 2.38. The predicted octanol–water partition coefficient (Wildman–Crippen LogP) is 1.63. The number of nitrogens with zero attached hydrogens (tertiary/aromatic N) is 2. The first-order valence-electron chi connectivity index (χ1n) is 6.92. The van der Waals surface area contributed by atoms with Crippen LogP contribution in [-0.2, 0) is 0 Å². The fraction of sp³-hybridized carbons (Fsp3) is 0.571. The van der Waals surface area contributed by atoms with Gasteiger partial charge in [-0.3, -0.25) is 9.59 Å². The van der Waals surface area contributed by atoms with E-state index in [0.717, 1.165) is 24.4 Å². The van der Waals surface area contributed by atoms with Gasteiger partial charge < -0.3 is 20.9 Å². The molecule has 1 rings (SSSR count). The van der Waals surface area contributed by atoms with Crippen LogP contribution in [-0.4, -0.2) is 51.4 Å². The molecule has 0 aliphatic carbocycles. The van der Waals surface area contributed by atoms with Crippen LogP contribution in [0, 0.1) is 0 Å². The Morgan fingerprint density at radius 3 is 2.38 bits per heavy atom. The van der Waals surface area contributed by atoms with E-state index in [1.807, 2.05) is 11.9 Å². The SMILES string of the molecule is CCCCN(C)c1sc(C(=O)N(C)C)c(N)c1C(=O)NC. The Balaban J connectivity index is 3.31. The summed E-state index contributed by atoms with van der Waals surface area (Å²) in [7, 11) is 6.81. The molecule has 0 spiro atoms. The predicted molar refractivity (Wildman–Crippen MR) is 88.3 cm³/mol. The molecule has 0 aromatic carbocycles. The summed E-state index contributed by atoms with van der Waals surface area (Å²) in [4.78, 5) is 28.2. The molecular formula is C14H24N4O2S. The molecule has 2 amide bonds. The quantitative estimate of drug-likeness (QED) is 0.837. The maximum atomic E-state index is 12.2. The van der Waals surface area contributed by atoms with E-state index in [-0.39, 0.29) is 17.5 Å². The number of rotatable bonds is 6. The van der Waals surface area contributed by atoms with Gasteiger partial charge in [-0.15, -0.1) is 11.3 Å². The molecule has 0 atom stereocenters. The maximum absolute atomic E-state index is 12.2. The van der Waals surface area contributed by atoms with Crippen LogP contribution in [0.25, 0.3) is 0 Å². The van der Waals surface area contributed by atoms with Crippen LogP contribution < -0.4 is 16.0 Å². The zero-order chi connectivity index (χ0) is 16.2. The number of thiophene rings is 1. The molecule has 6 nitrogen and oxygen atoms in total. The summed E-state index contributed by atoms with van der Waals surface area (Å²) in [6, 6.07) is 0. The number of carbonyl (C=O) groups excluding carboxylic acids is 2. The molecular weight excluding hydrogens is 288 g/mol. The Hall–Kier alpha value is -1.76. The van der Waals surface area contributed by atoms with E-state index in [9.17, 15) is 9.59 Å². The van der Waals surface area contributed by atoms with Gasteiger partial charge in [-0.1, -0.05) is 13.3 Å². The summed E-state index contributed by atoms with van der Waals surface area (Å²) in [6.45, 7) is 2.92. The van der Waals surface area contributed by atoms with E-state index >= 15 is 0 Å². The van der Waals surface area contributed by atoms with E-state index in [0.29, 0.717) is 10.4 Å². The first-order chi connectivity index (χ1) is 9.84. The lowest BCUT2D eigenvalue weighted by Crippen LogP contribution is -2.25. The van der Waals surface area contributed by atoms with Crippen molar-refractivity contribution < 1.29 is 9.59 Å². The van der Waals surface area contributed by atoms with Crippen molar-refractivity contribution in [3.8, 4) is 0 Å². The second-order valence-corrected chi connectivity index (χ2v) is 6.08. The lowest BCUT2D eigenvalue weighted by molar-refractivity contribution is 0.0833. The summed E-state index contributed by atoms with van der Waals surface area (Å²) >= 11 is 1.27. The summed E-state index contributed by atoms with van der Waals surface area (Å²) in [5.74, 6) is -0.447. The van der Waals surface area contributed by atoms with Gasteiger partial charge in [-0.05, 0) is 6.42 Å². The Labute approximate surface area is 129 Å². The van der Waals surface area contributed by atoms with E-state index < -0.39 is 0 Å². The third kappa shape index (κ3) is 3.66. The van der Waals surface area contributed by atoms with Crippen LogP contribution in [0.1, 0.15) is 39.8 Å². The third-order valence-corrected chi connectivity index (χ3v) is 4.48. The van der Waals surface area contributed by atoms with Gasteiger partial charge in [-0.25, -0.2) is 0 Å². The van der Waals surface area contributed by atoms with Crippen molar-refractivity contribution in [1.29, 1.82) is 0 Å². The van der Waals surface area contributed by atoms with Gasteiger partial charge in [0.05, 0.1) is 11.3 Å². The zero-order valence-electron chi connectivity index (χ0n) is 13.3. The number of amides is 2. The molecule has 21 heavy (non-hydrogen) atoms. The maximum Gasteiger partial charge on any atom is 0.265 e. The zero-order valence-corrected chi connectivity index (χ0v) is 14.1. The number of hydrogen-bond acceptors (Lipinski definition) is 5. The van der Waals surface area contributed by atoms with Crippen LogP contribution in [0.4, 0.5) is 10.7 Å². The van der Waals surface area contributed by atoms with Crippen LogP contribution in [0.15, 0.2) is 0 Å². The number of carbonyl (C=O) groups is 2. The molecule has 1 heterocycles. The Morgan fingerprint density at radius 1 is 1.29 bits per heavy atom. The largest absolute Gasteiger partial charge is 0.397 e. The number of nitrogens with two attached hydrogens (primary N) is 1. The minimum Gasteiger partial charge on any atom is -0.397 e. The fourth-order valence-corrected chi connectivity index (χ4v) is 3.13. The van der Waals surface area contributed by atoms with Crippen molar-refractivity contribution >= 4 is 33.8 Å². The molecule has 0 radical (unpaired) electrons. The molecule has 0 bridgehead atoms. The highest BCUT2D eigenvalue weighted by Gasteiger charge is 2.27. The molecule has 0 aliphatic heterocycles. The minimum atomic E-state index is -0.264. The highest BCUT2D eigenvalue weighted by atomic mass is 32.1. The average molecular weight is 312 g/mol. The van der Waals surface area contributed by atoms with Crippen molar-refractivity contribution in [2.24, 2.45) is 0 Å². The number of anilines is 2. The van der Waals surface area contributed by atoms with Gasteiger partial charge >= 0.3 is 0 Å². The standard InChI is InChI=1S/C14H24N4O2S/c1-6-7-8-18(5)14-9(12(19)16-2)10(15)11(21-14)13(20)17(3)4/h6-8,15H2,1-5H3,(H,16,19). The Kier molecular flexibility index (Phi) is 6.02. The lowest BCUT2D eigenvalue weighted by atomic mass is 10.2. The molecule has 0 saturated heterocycles. The van der Waals surface area contributed by atoms with Crippen molar-refractivity contribution in [3.63, 3.8) is 0 Å². The molecule has 3 N–H and O–H groups in total. The minimum absolute atomic E-state index is 0.183. The summed E-state index contributed by atoms with van der Waals surface area (Å²) in [5.41, 5.74) is 6.72. The van der Waals surface area contributed by atoms with E-state index in [1.165, 1.54) is 16.2 Å². The normalized spacial score (nSPS) is 10.3. The van der Waals surface area contributed by atoms with Crippen molar-refractivity contribution in [2.45, 2.75) is 19.8 Å². The number of nitrogen functional groups attached to an aromatic ring is 1. The molecule has 7 heteroatoms. The molecule has 1 aromatic rings. The molecule has 118 valence electrons. The molecule has 0 unspecified atom stereocenters. The van der Waals surface area contributed by atoms with Crippen LogP contribution in [0.3, 0.4) is 0 Å². The van der Waals surface area contributed by atoms with Crippen molar-refractivity contribution in [1.82, 2.24) is 10.2 Å². The first-order valence-corrected chi connectivity index (χ1v) is 7.73. The summed E-state index contributed by atoms with van der Waals surface area (Å²) in [6.07, 6.45) is 2.07. The number of hydrogen-bond donors (Lipinski definition) is 2. The Bertz CT molecular complexity index is 525. The highest BCUT2D eigenvalue weighted by molar-refractivity contribution is 7.19. The van der Waals surface area contributed by atoms with Gasteiger partial charge in [0.15, 0.2) is 0 Å². The first kappa shape index (κ1) is 17.3. The van der Waals surface area contributed by atoms with E-state index in [4.69, 9.17) is 5.73 Å². The molecule has 1 aromatic heterocycles. The third-order valence-electron chi connectivity index (χ3n) is 3.17. The molecule has 0 saturated carbocycles. The van der Waals surface area contributed by atoms with E-state index in [2.05, 4.69) is 12.2 Å². The second kappa shape index (κ2) is 7.31. The van der Waals surface area contributed by atoms with Gasteiger partial charge in [0, 0.05) is 34.7 Å². The second-order valence-electron chi connectivity index (χ2n) is 5.08. The van der Waals surface area contributed by atoms with Crippen molar-refractivity contribution in [2.75, 3.05) is 45.4 Å². The topological polar surface area (TPSA) is 78.7 Å². The average Bonchev–Trinajstić information content (AvgIpc) is 2.80. The monoisotopic (exact) mass is 312 g/mol. The fourth-order valence-electron chi connectivity index (χ4n) is 1.90. The lowest BCUT2D eigenvalue weighted by Gasteiger charge is -2.18. The van der Waals surface area contributed by atoms with Crippen LogP contribution >= 0.6 is 11.3 Å². The molecule has 0 aliphatic rings. The van der Waals surface area contributed by atoms with E-state index in [1.54, 1.807) is 21.1 Å². The van der Waals surface area contributed by atoms with Crippen LogP contribution in [0.2, 0.25) is 0 Å². The van der Waals surface area contributed by atoms with Gasteiger partial charge in [0.2, 0.25) is 0 Å². The molecule has 0 fully saturated rings. The number of unbranched alkanes of at least 4 members (excludes halogenated alkanes) is 1. The van der Waals surface area contributed by atoms with Gasteiger partial charge in [-0.2, -0.15) is 0 Å². The van der Waals surface area contributed by atoms with Crippen molar-refractivity contribution in [3.05, 3.63) is 10.4 Å². The Morgan fingerprint density at radius 2 is 1.90 bits per heavy atom. The smallest absolute Gasteiger partial charge is 0.265 e. The van der Waals surface area contributed by atoms with Crippen LogP contribution in [0.5, 0.6) is 0 Å². The van der Waals surface area contributed by atoms with Gasteiger partial charge in [0.1, 0.15) is 9.88 Å². The van der Waals surface area contributed by atoms with Gasteiger partial charge in [0.25, 0.3) is 11.8 Å². The summed E-state index contributed by atoms with van der Waals surface area (Å²) in [5, 5.41) is 3.33.